The molecule has 3 aromatic rings. The van der Waals surface area contributed by atoms with E-state index in [2.05, 4.69) is 0 Å². The highest BCUT2D eigenvalue weighted by Gasteiger charge is 2.26. The van der Waals surface area contributed by atoms with Crippen molar-refractivity contribution in [2.45, 2.75) is 6.54 Å². The van der Waals surface area contributed by atoms with Crippen LogP contribution in [0.1, 0.15) is 15.9 Å². The summed E-state index contributed by atoms with van der Waals surface area (Å²) >= 11 is 0. The number of nitrogens with one attached hydrogen (secondary N) is 1. The molecule has 4 rings (SSSR count). The average Bonchev–Trinajstić information content (AvgIpc) is 2.69. The summed E-state index contributed by atoms with van der Waals surface area (Å²) in [4.78, 5) is 25.7. The molecule has 26 heavy (non-hydrogen) atoms. The molecule has 1 aliphatic heterocycles. The lowest BCUT2D eigenvalue weighted by atomic mass is 10.1. The number of nitrogens with zero attached hydrogens (tertiary/aromatic N) is 1. The van der Waals surface area contributed by atoms with Crippen LogP contribution in [0.4, 0.5) is 5.69 Å². The largest absolute Gasteiger partial charge is 0.482 e. The highest BCUT2D eigenvalue weighted by molar-refractivity contribution is 6.01. The minimum atomic E-state index is -0.642. The highest BCUT2D eigenvalue weighted by atomic mass is 16.5. The summed E-state index contributed by atoms with van der Waals surface area (Å²) in [6.07, 6.45) is 0. The Labute approximate surface area is 149 Å². The number of carbonyl (C=O) groups excluding carboxylic acids is 2. The second-order valence-electron chi connectivity index (χ2n) is 6.07. The van der Waals surface area contributed by atoms with Crippen molar-refractivity contribution >= 4 is 28.3 Å². The van der Waals surface area contributed by atoms with E-state index in [0.29, 0.717) is 18.0 Å². The van der Waals surface area contributed by atoms with E-state index in [0.717, 1.165) is 16.3 Å². The van der Waals surface area contributed by atoms with Crippen LogP contribution in [0.25, 0.3) is 10.8 Å². The molecular weight excluding hydrogens is 332 g/mol. The van der Waals surface area contributed by atoms with Crippen LogP contribution < -0.4 is 15.1 Å². The van der Waals surface area contributed by atoms with E-state index in [4.69, 9.17) is 9.94 Å². The minimum absolute atomic E-state index is 0.0495. The number of amides is 2. The zero-order valence-electron chi connectivity index (χ0n) is 13.8. The van der Waals surface area contributed by atoms with Gasteiger partial charge < -0.3 is 9.64 Å². The van der Waals surface area contributed by atoms with Crippen molar-refractivity contribution in [3.8, 4) is 5.75 Å². The smallest absolute Gasteiger partial charge is 0.274 e. The Kier molecular flexibility index (Phi) is 4.02. The van der Waals surface area contributed by atoms with Crippen molar-refractivity contribution in [1.82, 2.24) is 5.48 Å². The van der Waals surface area contributed by atoms with Crippen molar-refractivity contribution < 1.29 is 19.5 Å². The van der Waals surface area contributed by atoms with Crippen molar-refractivity contribution in [2.75, 3.05) is 11.5 Å². The van der Waals surface area contributed by atoms with Crippen LogP contribution in [-0.4, -0.2) is 23.6 Å². The SMILES string of the molecule is O=C(NO)c1ccc2c(c1)N(Cc1ccc3ccccc3c1)C(=O)CO2. The molecule has 0 radical (unpaired) electrons. The maximum absolute atomic E-state index is 12.4. The van der Waals surface area contributed by atoms with Gasteiger partial charge in [-0.05, 0) is 40.6 Å². The lowest BCUT2D eigenvalue weighted by Gasteiger charge is -2.30. The third-order valence-electron chi connectivity index (χ3n) is 4.42. The topological polar surface area (TPSA) is 78.9 Å². The van der Waals surface area contributed by atoms with Gasteiger partial charge >= 0.3 is 0 Å². The van der Waals surface area contributed by atoms with Gasteiger partial charge in [-0.15, -0.1) is 0 Å². The molecule has 0 saturated carbocycles. The van der Waals surface area contributed by atoms with Crippen LogP contribution in [0.15, 0.2) is 60.7 Å². The summed E-state index contributed by atoms with van der Waals surface area (Å²) in [5.41, 5.74) is 3.33. The Bertz CT molecular complexity index is 1020. The van der Waals surface area contributed by atoms with E-state index in [-0.39, 0.29) is 18.1 Å². The third-order valence-corrected chi connectivity index (χ3v) is 4.42. The molecule has 0 atom stereocenters. The zero-order chi connectivity index (χ0) is 18.1. The van der Waals surface area contributed by atoms with E-state index in [9.17, 15) is 9.59 Å². The molecule has 3 aromatic carbocycles. The standard InChI is InChI=1S/C20H16N2O4/c23-19-12-26-18-8-7-16(20(24)21-25)10-17(18)22(19)11-13-5-6-14-3-1-2-4-15(14)9-13/h1-10,25H,11-12H2,(H,21,24). The molecule has 0 fully saturated rings. The van der Waals surface area contributed by atoms with Crippen LogP contribution in [0.5, 0.6) is 5.75 Å². The lowest BCUT2D eigenvalue weighted by Crippen LogP contribution is -2.38. The normalized spacial score (nSPS) is 13.3. The summed E-state index contributed by atoms with van der Waals surface area (Å²) < 4.78 is 5.46. The van der Waals surface area contributed by atoms with E-state index in [1.807, 2.05) is 42.5 Å². The summed E-state index contributed by atoms with van der Waals surface area (Å²) in [5.74, 6) is -0.302. The van der Waals surface area contributed by atoms with Gasteiger partial charge in [0.25, 0.3) is 11.8 Å². The Morgan fingerprint density at radius 3 is 2.69 bits per heavy atom. The van der Waals surface area contributed by atoms with Crippen molar-refractivity contribution in [3.63, 3.8) is 0 Å². The summed E-state index contributed by atoms with van der Waals surface area (Å²) in [5, 5.41) is 11.1. The lowest BCUT2D eigenvalue weighted by molar-refractivity contribution is -0.121. The average molecular weight is 348 g/mol. The molecule has 6 nitrogen and oxygen atoms in total. The number of ether oxygens (including phenoxy) is 1. The summed E-state index contributed by atoms with van der Waals surface area (Å²) in [7, 11) is 0. The Morgan fingerprint density at radius 2 is 1.88 bits per heavy atom. The molecule has 1 aliphatic rings. The molecular formula is C20H16N2O4. The third kappa shape index (κ3) is 2.87. The predicted octanol–water partition coefficient (Wildman–Crippen LogP) is 2.88. The Hall–Kier alpha value is -3.38. The van der Waals surface area contributed by atoms with Gasteiger partial charge in [0, 0.05) is 5.56 Å². The maximum atomic E-state index is 12.4. The summed E-state index contributed by atoms with van der Waals surface area (Å²) in [6, 6.07) is 18.8. The van der Waals surface area contributed by atoms with Gasteiger partial charge in [0.2, 0.25) is 0 Å². The van der Waals surface area contributed by atoms with Crippen LogP contribution >= 0.6 is 0 Å². The van der Waals surface area contributed by atoms with Gasteiger partial charge in [-0.25, -0.2) is 5.48 Å². The first-order chi connectivity index (χ1) is 12.7. The Balaban J connectivity index is 1.71. The molecule has 6 heteroatoms. The number of carbonyl (C=O) groups is 2. The van der Waals surface area contributed by atoms with Crippen LogP contribution in [0, 0.1) is 0 Å². The van der Waals surface area contributed by atoms with Crippen LogP contribution in [-0.2, 0) is 11.3 Å². The number of fused-ring (bicyclic) bond motifs is 2. The maximum Gasteiger partial charge on any atom is 0.274 e. The molecule has 0 aromatic heterocycles. The van der Waals surface area contributed by atoms with Crippen molar-refractivity contribution in [3.05, 3.63) is 71.8 Å². The predicted molar refractivity (Wildman–Crippen MR) is 96.3 cm³/mol. The molecule has 2 amide bonds. The number of benzene rings is 3. The van der Waals surface area contributed by atoms with E-state index in [1.165, 1.54) is 6.07 Å². The highest BCUT2D eigenvalue weighted by Crippen LogP contribution is 2.34. The molecule has 2 N–H and O–H groups in total. The molecule has 1 heterocycles. The number of hydrogen-bond donors (Lipinski definition) is 2. The molecule has 130 valence electrons. The van der Waals surface area contributed by atoms with E-state index < -0.39 is 5.91 Å². The van der Waals surface area contributed by atoms with Crippen LogP contribution in [0.3, 0.4) is 0 Å². The van der Waals surface area contributed by atoms with Crippen LogP contribution in [0.2, 0.25) is 0 Å². The monoisotopic (exact) mass is 348 g/mol. The molecule has 0 bridgehead atoms. The Morgan fingerprint density at radius 1 is 1.08 bits per heavy atom. The number of anilines is 1. The fourth-order valence-corrected chi connectivity index (χ4v) is 3.10. The van der Waals surface area contributed by atoms with E-state index in [1.54, 1.807) is 22.5 Å². The molecule has 0 unspecified atom stereocenters. The van der Waals surface area contributed by atoms with Gasteiger partial charge in [0.05, 0.1) is 12.2 Å². The molecule has 0 spiro atoms. The van der Waals surface area contributed by atoms with Gasteiger partial charge in [-0.2, -0.15) is 0 Å². The van der Waals surface area contributed by atoms with E-state index >= 15 is 0 Å². The second kappa shape index (κ2) is 6.50. The first-order valence-corrected chi connectivity index (χ1v) is 8.15. The fraction of sp³-hybridized carbons (Fsp3) is 0.100. The second-order valence-corrected chi connectivity index (χ2v) is 6.07. The first kappa shape index (κ1) is 16.1. The molecule has 0 aliphatic carbocycles. The van der Waals surface area contributed by atoms with Crippen molar-refractivity contribution in [1.29, 1.82) is 0 Å². The number of hydrogen-bond acceptors (Lipinski definition) is 4. The zero-order valence-corrected chi connectivity index (χ0v) is 13.8. The van der Waals surface area contributed by atoms with Gasteiger partial charge in [0.15, 0.2) is 6.61 Å². The first-order valence-electron chi connectivity index (χ1n) is 8.15. The fourth-order valence-electron chi connectivity index (χ4n) is 3.10. The van der Waals surface area contributed by atoms with Gasteiger partial charge in [0.1, 0.15) is 5.75 Å². The molecule has 0 saturated heterocycles. The van der Waals surface area contributed by atoms with Gasteiger partial charge in [-0.3, -0.25) is 14.8 Å². The number of rotatable bonds is 3. The van der Waals surface area contributed by atoms with Crippen molar-refractivity contribution in [2.24, 2.45) is 0 Å². The summed E-state index contributed by atoms with van der Waals surface area (Å²) in [6.45, 7) is 0.316. The minimum Gasteiger partial charge on any atom is -0.482 e. The van der Waals surface area contributed by atoms with Gasteiger partial charge in [-0.1, -0.05) is 36.4 Å². The number of hydroxylamine groups is 1. The quantitative estimate of drug-likeness (QED) is 0.563.